The maximum atomic E-state index is 6.24. The first-order valence-corrected chi connectivity index (χ1v) is 23.1. The average molecular weight is 886 g/mol. The Bertz CT molecular complexity index is 3740. The molecule has 0 unspecified atom stereocenters. The van der Waals surface area contributed by atoms with Crippen molar-refractivity contribution < 1.29 is 4.42 Å². The van der Waals surface area contributed by atoms with Crippen molar-refractivity contribution in [2.24, 2.45) is 4.99 Å². The van der Waals surface area contributed by atoms with E-state index in [2.05, 4.69) is 186 Å². The van der Waals surface area contributed by atoms with Crippen LogP contribution in [0, 0.1) is 0 Å². The van der Waals surface area contributed by atoms with Gasteiger partial charge in [-0.25, -0.2) is 19.9 Å². The van der Waals surface area contributed by atoms with E-state index in [1.807, 2.05) is 67.6 Å². The molecule has 0 aliphatic rings. The molecule has 0 saturated heterocycles. The van der Waals surface area contributed by atoms with Crippen LogP contribution in [-0.2, 0) is 0 Å². The number of furan rings is 1. The van der Waals surface area contributed by atoms with Gasteiger partial charge in [-0.05, 0) is 95.6 Å². The Morgan fingerprint density at radius 1 is 0.420 bits per heavy atom. The zero-order valence-corrected chi connectivity index (χ0v) is 37.8. The molecule has 0 radical (unpaired) electrons. The van der Waals surface area contributed by atoms with Gasteiger partial charge in [0.05, 0.1) is 16.7 Å². The van der Waals surface area contributed by atoms with Crippen molar-refractivity contribution in [3.8, 4) is 84.4 Å². The molecule has 12 rings (SSSR count). The van der Waals surface area contributed by atoms with Gasteiger partial charge in [-0.2, -0.15) is 0 Å². The third-order valence-corrected chi connectivity index (χ3v) is 12.9. The number of aliphatic imine (C=N–C) groups is 1. The number of aromatic nitrogens is 4. The van der Waals surface area contributed by atoms with Crippen LogP contribution in [0.15, 0.2) is 234 Å². The standard InChI is InChI=1S/C63H43N5O/c1-3-19-51-50-33-30-48(40-58(50)69-63(51)64-2)61-65-60(45-28-17-8-18-29-45)66-62(67-61)49-38-52(43-24-13-6-14-25-43)59(53(39-49)44-26-15-7-16-27-44)68-56-34-31-46(41-20-9-4-10-21-41)36-54(56)55-37-47(32-35-57(55)68)42-22-11-5-12-23-42/h3-40H,2H2,1H3/b19-3-. The first-order valence-electron chi connectivity index (χ1n) is 23.1. The van der Waals surface area contributed by atoms with Gasteiger partial charge in [-0.3, -0.25) is 0 Å². The molecule has 0 saturated carbocycles. The molecule has 6 nitrogen and oxygen atoms in total. The van der Waals surface area contributed by atoms with Gasteiger partial charge in [0.25, 0.3) is 0 Å². The minimum Gasteiger partial charge on any atom is -0.438 e. The third-order valence-electron chi connectivity index (χ3n) is 12.9. The van der Waals surface area contributed by atoms with E-state index < -0.39 is 0 Å². The molecule has 3 heterocycles. The number of hydrogen-bond acceptors (Lipinski definition) is 5. The van der Waals surface area contributed by atoms with Crippen molar-refractivity contribution in [3.63, 3.8) is 0 Å². The van der Waals surface area contributed by atoms with Gasteiger partial charge in [0.1, 0.15) is 5.58 Å². The molecular formula is C63H43N5O. The summed E-state index contributed by atoms with van der Waals surface area (Å²) in [5.41, 5.74) is 16.2. The van der Waals surface area contributed by atoms with Crippen LogP contribution in [-0.4, -0.2) is 26.2 Å². The quantitative estimate of drug-likeness (QED) is 0.128. The summed E-state index contributed by atoms with van der Waals surface area (Å²) in [4.78, 5) is 19.9. The Hall–Kier alpha value is -9.26. The summed E-state index contributed by atoms with van der Waals surface area (Å²) in [7, 11) is 0. The summed E-state index contributed by atoms with van der Waals surface area (Å²) >= 11 is 0. The van der Waals surface area contributed by atoms with Crippen molar-refractivity contribution in [2.75, 3.05) is 0 Å². The molecule has 6 heteroatoms. The fourth-order valence-electron chi connectivity index (χ4n) is 9.60. The lowest BCUT2D eigenvalue weighted by atomic mass is 9.92. The van der Waals surface area contributed by atoms with Crippen molar-refractivity contribution in [3.05, 3.63) is 230 Å². The lowest BCUT2D eigenvalue weighted by Crippen LogP contribution is -2.04. The third kappa shape index (κ3) is 7.50. The van der Waals surface area contributed by atoms with Gasteiger partial charge in [0.15, 0.2) is 17.5 Å². The van der Waals surface area contributed by atoms with E-state index in [1.54, 1.807) is 0 Å². The Morgan fingerprint density at radius 3 is 1.33 bits per heavy atom. The van der Waals surface area contributed by atoms with Crippen LogP contribution in [0.4, 0.5) is 5.88 Å². The van der Waals surface area contributed by atoms with Crippen LogP contribution in [0.25, 0.3) is 123 Å². The number of nitrogens with zero attached hydrogens (tertiary/aromatic N) is 5. The zero-order chi connectivity index (χ0) is 46.3. The maximum Gasteiger partial charge on any atom is 0.226 e. The molecule has 0 bridgehead atoms. The van der Waals surface area contributed by atoms with Gasteiger partial charge in [0, 0.05) is 49.5 Å². The molecule has 326 valence electrons. The van der Waals surface area contributed by atoms with Gasteiger partial charge in [-0.1, -0.05) is 182 Å². The second kappa shape index (κ2) is 17.5. The second-order valence-corrected chi connectivity index (χ2v) is 17.0. The second-order valence-electron chi connectivity index (χ2n) is 17.0. The van der Waals surface area contributed by atoms with Crippen molar-refractivity contribution >= 4 is 51.5 Å². The summed E-state index contributed by atoms with van der Waals surface area (Å²) in [6.45, 7) is 5.74. The lowest BCUT2D eigenvalue weighted by Gasteiger charge is -2.21. The Kier molecular flexibility index (Phi) is 10.5. The fraction of sp³-hybridized carbons (Fsp3) is 0.0159. The van der Waals surface area contributed by atoms with E-state index in [0.717, 1.165) is 77.7 Å². The molecule has 3 aromatic heterocycles. The van der Waals surface area contributed by atoms with Crippen molar-refractivity contribution in [1.29, 1.82) is 0 Å². The molecule has 0 amide bonds. The highest BCUT2D eigenvalue weighted by Crippen LogP contribution is 2.45. The van der Waals surface area contributed by atoms with Gasteiger partial charge in [0.2, 0.25) is 5.88 Å². The highest BCUT2D eigenvalue weighted by Gasteiger charge is 2.24. The van der Waals surface area contributed by atoms with Crippen LogP contribution in [0.2, 0.25) is 0 Å². The van der Waals surface area contributed by atoms with E-state index in [1.165, 1.54) is 21.9 Å². The van der Waals surface area contributed by atoms with Crippen LogP contribution >= 0.6 is 0 Å². The zero-order valence-electron chi connectivity index (χ0n) is 37.8. The van der Waals surface area contributed by atoms with Crippen LogP contribution in [0.1, 0.15) is 12.5 Å². The monoisotopic (exact) mass is 885 g/mol. The molecule has 0 spiro atoms. The van der Waals surface area contributed by atoms with Crippen LogP contribution < -0.4 is 0 Å². The first-order chi connectivity index (χ1) is 34.1. The molecule has 9 aromatic carbocycles. The number of fused-ring (bicyclic) bond motifs is 4. The van der Waals surface area contributed by atoms with E-state index in [0.29, 0.717) is 28.9 Å². The number of allylic oxidation sites excluding steroid dienone is 1. The summed E-state index contributed by atoms with van der Waals surface area (Å²) in [6, 6.07) is 77.0. The van der Waals surface area contributed by atoms with Crippen molar-refractivity contribution in [1.82, 2.24) is 19.5 Å². The number of hydrogen-bond donors (Lipinski definition) is 0. The molecular weight excluding hydrogens is 843 g/mol. The van der Waals surface area contributed by atoms with Crippen LogP contribution in [0.3, 0.4) is 0 Å². The van der Waals surface area contributed by atoms with Crippen molar-refractivity contribution in [2.45, 2.75) is 6.92 Å². The lowest BCUT2D eigenvalue weighted by molar-refractivity contribution is 0.626. The van der Waals surface area contributed by atoms with E-state index in [4.69, 9.17) is 19.4 Å². The molecule has 0 aliphatic heterocycles. The Morgan fingerprint density at radius 2 is 0.855 bits per heavy atom. The average Bonchev–Trinajstić information content (AvgIpc) is 3.95. The normalized spacial score (nSPS) is 11.6. The predicted octanol–water partition coefficient (Wildman–Crippen LogP) is 16.7. The molecule has 12 aromatic rings. The molecule has 0 N–H and O–H groups in total. The van der Waals surface area contributed by atoms with E-state index in [9.17, 15) is 0 Å². The first kappa shape index (κ1) is 41.2. The minimum atomic E-state index is 0.472. The Labute approximate surface area is 399 Å². The smallest absolute Gasteiger partial charge is 0.226 e. The van der Waals surface area contributed by atoms with Gasteiger partial charge in [-0.15, -0.1) is 0 Å². The predicted molar refractivity (Wildman–Crippen MR) is 286 cm³/mol. The summed E-state index contributed by atoms with van der Waals surface area (Å²) in [6.07, 6.45) is 3.96. The maximum absolute atomic E-state index is 6.24. The topological polar surface area (TPSA) is 69.1 Å². The highest BCUT2D eigenvalue weighted by atomic mass is 16.3. The summed E-state index contributed by atoms with van der Waals surface area (Å²) in [5, 5.41) is 3.27. The highest BCUT2D eigenvalue weighted by molar-refractivity contribution is 6.13. The number of benzene rings is 9. The minimum absolute atomic E-state index is 0.472. The number of rotatable bonds is 10. The fourth-order valence-corrected chi connectivity index (χ4v) is 9.60. The van der Waals surface area contributed by atoms with E-state index in [-0.39, 0.29) is 0 Å². The summed E-state index contributed by atoms with van der Waals surface area (Å²) < 4.78 is 8.70. The largest absolute Gasteiger partial charge is 0.438 e. The Balaban J connectivity index is 1.15. The van der Waals surface area contributed by atoms with Gasteiger partial charge < -0.3 is 8.98 Å². The molecule has 0 atom stereocenters. The van der Waals surface area contributed by atoms with Crippen LogP contribution in [0.5, 0.6) is 0 Å². The molecule has 69 heavy (non-hydrogen) atoms. The van der Waals surface area contributed by atoms with E-state index >= 15 is 0 Å². The molecule has 0 aliphatic carbocycles. The van der Waals surface area contributed by atoms with Gasteiger partial charge >= 0.3 is 0 Å². The molecule has 0 fully saturated rings. The SMILES string of the molecule is C=Nc1oc2cc(-c3nc(-c4ccccc4)nc(-c4cc(-c5ccccc5)c(-n5c6ccc(-c7ccccc7)cc6c6cc(-c7ccccc7)ccc65)c(-c5ccccc5)c4)n3)ccc2c1/C=C\C. The summed E-state index contributed by atoms with van der Waals surface area (Å²) in [5.74, 6) is 2.11.